The van der Waals surface area contributed by atoms with Gasteiger partial charge in [-0.2, -0.15) is 0 Å². The molecule has 0 aliphatic carbocycles. The molecule has 0 bridgehead atoms. The Balaban J connectivity index is 1.46. The third kappa shape index (κ3) is 6.48. The van der Waals surface area contributed by atoms with Crippen molar-refractivity contribution in [2.45, 2.75) is 63.6 Å². The quantitative estimate of drug-likeness (QED) is 0.431. The molecule has 1 fully saturated rings. The Kier molecular flexibility index (Phi) is 8.52. The van der Waals surface area contributed by atoms with Gasteiger partial charge < -0.3 is 10.2 Å². The van der Waals surface area contributed by atoms with Crippen molar-refractivity contribution in [3.8, 4) is 5.69 Å². The smallest absolute Gasteiger partial charge is 0.234 e. The number of rotatable bonds is 9. The van der Waals surface area contributed by atoms with Crippen LogP contribution in [0, 0.1) is 0 Å². The fourth-order valence-electron chi connectivity index (χ4n) is 4.08. The van der Waals surface area contributed by atoms with Gasteiger partial charge in [0, 0.05) is 24.8 Å². The van der Waals surface area contributed by atoms with Gasteiger partial charge in [0.15, 0.2) is 11.0 Å². The number of pyridine rings is 1. The highest BCUT2D eigenvalue weighted by atomic mass is 32.2. The van der Waals surface area contributed by atoms with Crippen molar-refractivity contribution in [2.24, 2.45) is 0 Å². The fraction of sp³-hybridized carbons (Fsp3) is 0.423. The van der Waals surface area contributed by atoms with Crippen molar-refractivity contribution < 1.29 is 9.59 Å². The highest BCUT2D eigenvalue weighted by molar-refractivity contribution is 7.99. The lowest BCUT2D eigenvalue weighted by molar-refractivity contribution is -0.131. The van der Waals surface area contributed by atoms with Crippen LogP contribution in [-0.4, -0.2) is 48.8 Å². The van der Waals surface area contributed by atoms with Crippen LogP contribution in [0.15, 0.2) is 53.9 Å². The summed E-state index contributed by atoms with van der Waals surface area (Å²) in [5.41, 5.74) is 2.84. The standard InChI is InChI=1S/C26H32N6O2S/c1-3-19(2)20-10-12-21(13-11-20)28-24(33)18-35-26-30-29-23(32(26)22-8-7-14-27-16-22)17-31-15-6-4-5-9-25(31)34/h7-8,10-14,16,19H,3-6,9,15,17-18H2,1-2H3,(H,28,33)/t19-/m0/s1. The predicted octanol–water partition coefficient (Wildman–Crippen LogP) is 4.81. The second-order valence-corrected chi connectivity index (χ2v) is 9.78. The van der Waals surface area contributed by atoms with E-state index in [1.165, 1.54) is 17.3 Å². The molecule has 8 nitrogen and oxygen atoms in total. The number of benzene rings is 1. The summed E-state index contributed by atoms with van der Waals surface area (Å²) in [4.78, 5) is 31.3. The van der Waals surface area contributed by atoms with Gasteiger partial charge in [-0.3, -0.25) is 19.1 Å². The molecular weight excluding hydrogens is 460 g/mol. The van der Waals surface area contributed by atoms with E-state index in [-0.39, 0.29) is 17.6 Å². The van der Waals surface area contributed by atoms with E-state index in [1.54, 1.807) is 12.4 Å². The molecule has 1 aromatic carbocycles. The van der Waals surface area contributed by atoms with E-state index < -0.39 is 0 Å². The topological polar surface area (TPSA) is 93.0 Å². The van der Waals surface area contributed by atoms with Crippen LogP contribution in [0.4, 0.5) is 5.69 Å². The highest BCUT2D eigenvalue weighted by Crippen LogP contribution is 2.24. The average molecular weight is 493 g/mol. The highest BCUT2D eigenvalue weighted by Gasteiger charge is 2.22. The van der Waals surface area contributed by atoms with E-state index in [0.717, 1.165) is 43.6 Å². The Morgan fingerprint density at radius 1 is 1.14 bits per heavy atom. The summed E-state index contributed by atoms with van der Waals surface area (Å²) in [5.74, 6) is 1.38. The van der Waals surface area contributed by atoms with Crippen LogP contribution in [-0.2, 0) is 16.1 Å². The number of aromatic nitrogens is 4. The Morgan fingerprint density at radius 2 is 1.97 bits per heavy atom. The Bertz CT molecular complexity index is 1130. The monoisotopic (exact) mass is 492 g/mol. The lowest BCUT2D eigenvalue weighted by atomic mass is 9.99. The Morgan fingerprint density at radius 3 is 2.71 bits per heavy atom. The van der Waals surface area contributed by atoms with Gasteiger partial charge in [-0.1, -0.05) is 44.2 Å². The molecule has 2 aromatic heterocycles. The summed E-state index contributed by atoms with van der Waals surface area (Å²) in [5, 5.41) is 12.3. The minimum absolute atomic E-state index is 0.115. The zero-order valence-electron chi connectivity index (χ0n) is 20.3. The minimum atomic E-state index is -0.115. The number of nitrogens with zero attached hydrogens (tertiary/aromatic N) is 5. The van der Waals surface area contributed by atoms with Gasteiger partial charge in [-0.25, -0.2) is 0 Å². The van der Waals surface area contributed by atoms with Crippen molar-refractivity contribution in [1.82, 2.24) is 24.6 Å². The van der Waals surface area contributed by atoms with Gasteiger partial charge in [0.2, 0.25) is 11.8 Å². The van der Waals surface area contributed by atoms with Gasteiger partial charge >= 0.3 is 0 Å². The lowest BCUT2D eigenvalue weighted by Crippen LogP contribution is -2.31. The first-order valence-electron chi connectivity index (χ1n) is 12.2. The van der Waals surface area contributed by atoms with Crippen LogP contribution in [0.25, 0.3) is 5.69 Å². The number of thioether (sulfide) groups is 1. The van der Waals surface area contributed by atoms with E-state index in [1.807, 2.05) is 33.7 Å². The molecule has 0 unspecified atom stereocenters. The molecule has 0 spiro atoms. The number of nitrogens with one attached hydrogen (secondary N) is 1. The van der Waals surface area contributed by atoms with Crippen molar-refractivity contribution in [2.75, 3.05) is 17.6 Å². The van der Waals surface area contributed by atoms with Crippen molar-refractivity contribution >= 4 is 29.3 Å². The first-order chi connectivity index (χ1) is 17.0. The molecule has 9 heteroatoms. The molecule has 2 amide bonds. The van der Waals surface area contributed by atoms with E-state index in [9.17, 15) is 9.59 Å². The molecule has 1 saturated heterocycles. The number of likely N-dealkylation sites (tertiary alicyclic amines) is 1. The molecule has 3 heterocycles. The van der Waals surface area contributed by atoms with E-state index >= 15 is 0 Å². The predicted molar refractivity (Wildman–Crippen MR) is 138 cm³/mol. The molecule has 1 aliphatic heterocycles. The molecule has 1 aliphatic rings. The number of hydrogen-bond acceptors (Lipinski definition) is 6. The molecule has 184 valence electrons. The van der Waals surface area contributed by atoms with Gasteiger partial charge in [-0.05, 0) is 55.0 Å². The number of carbonyl (C=O) groups is 2. The number of amides is 2. The molecule has 4 rings (SSSR count). The van der Waals surface area contributed by atoms with E-state index in [2.05, 4.69) is 46.5 Å². The first-order valence-corrected chi connectivity index (χ1v) is 13.2. The summed E-state index contributed by atoms with van der Waals surface area (Å²) in [7, 11) is 0. The lowest BCUT2D eigenvalue weighted by Gasteiger charge is -2.20. The van der Waals surface area contributed by atoms with Crippen molar-refractivity contribution in [3.05, 3.63) is 60.2 Å². The molecule has 3 aromatic rings. The molecule has 1 atom stereocenters. The maximum Gasteiger partial charge on any atom is 0.234 e. The summed E-state index contributed by atoms with van der Waals surface area (Å²) >= 11 is 1.31. The zero-order valence-corrected chi connectivity index (χ0v) is 21.1. The Hall–Kier alpha value is -3.20. The van der Waals surface area contributed by atoms with Gasteiger partial charge in [-0.15, -0.1) is 10.2 Å². The summed E-state index contributed by atoms with van der Waals surface area (Å²) in [6.45, 7) is 5.47. The second-order valence-electron chi connectivity index (χ2n) is 8.84. The second kappa shape index (κ2) is 12.0. The third-order valence-corrected chi connectivity index (χ3v) is 7.25. The van der Waals surface area contributed by atoms with Gasteiger partial charge in [0.05, 0.1) is 24.2 Å². The summed E-state index contributed by atoms with van der Waals surface area (Å²) < 4.78 is 1.89. The van der Waals surface area contributed by atoms with Crippen LogP contribution in [0.3, 0.4) is 0 Å². The van der Waals surface area contributed by atoms with E-state index in [0.29, 0.717) is 29.9 Å². The van der Waals surface area contributed by atoms with Crippen LogP contribution < -0.4 is 5.32 Å². The van der Waals surface area contributed by atoms with Gasteiger partial charge in [0.1, 0.15) is 0 Å². The van der Waals surface area contributed by atoms with Crippen LogP contribution in [0.1, 0.15) is 63.3 Å². The number of anilines is 1. The van der Waals surface area contributed by atoms with Gasteiger partial charge in [0.25, 0.3) is 0 Å². The maximum atomic E-state index is 12.7. The molecule has 1 N–H and O–H groups in total. The number of hydrogen-bond donors (Lipinski definition) is 1. The minimum Gasteiger partial charge on any atom is -0.335 e. The van der Waals surface area contributed by atoms with Crippen molar-refractivity contribution in [3.63, 3.8) is 0 Å². The maximum absolute atomic E-state index is 12.7. The van der Waals surface area contributed by atoms with Crippen LogP contribution in [0.2, 0.25) is 0 Å². The SMILES string of the molecule is CC[C@H](C)c1ccc(NC(=O)CSc2nnc(CN3CCCCCC3=O)n2-c2cccnc2)cc1. The zero-order chi connectivity index (χ0) is 24.6. The van der Waals surface area contributed by atoms with E-state index in [4.69, 9.17) is 0 Å². The van der Waals surface area contributed by atoms with Crippen LogP contribution >= 0.6 is 11.8 Å². The third-order valence-electron chi connectivity index (χ3n) is 6.32. The first kappa shape index (κ1) is 24.9. The fourth-order valence-corrected chi connectivity index (χ4v) is 4.85. The largest absolute Gasteiger partial charge is 0.335 e. The molecule has 0 saturated carbocycles. The normalized spacial score (nSPS) is 15.0. The van der Waals surface area contributed by atoms with Crippen molar-refractivity contribution in [1.29, 1.82) is 0 Å². The average Bonchev–Trinajstić information content (AvgIpc) is 3.17. The van der Waals surface area contributed by atoms with Crippen LogP contribution in [0.5, 0.6) is 0 Å². The summed E-state index contributed by atoms with van der Waals surface area (Å²) in [6, 6.07) is 11.8. The molecule has 0 radical (unpaired) electrons. The molecular formula is C26H32N6O2S. The Labute approximate surface area is 210 Å². The number of carbonyl (C=O) groups excluding carboxylic acids is 2. The molecule has 35 heavy (non-hydrogen) atoms. The summed E-state index contributed by atoms with van der Waals surface area (Å²) in [6.07, 6.45) is 8.08.